The van der Waals surface area contributed by atoms with Crippen LogP contribution in [0.5, 0.6) is 0 Å². The quantitative estimate of drug-likeness (QED) is 0.442. The molecule has 0 aromatic carbocycles. The minimum Gasteiger partial charge on any atom is -0.478 e. The van der Waals surface area contributed by atoms with Gasteiger partial charge in [0, 0.05) is 0 Å². The summed E-state index contributed by atoms with van der Waals surface area (Å²) >= 11 is -0.970. The summed E-state index contributed by atoms with van der Waals surface area (Å²) in [6.45, 7) is 11.8. The average Bonchev–Trinajstić information content (AvgIpc) is 2.22. The van der Waals surface area contributed by atoms with Crippen molar-refractivity contribution >= 4 is 14.5 Å². The predicted octanol–water partition coefficient (Wildman–Crippen LogP) is 3.83. The van der Waals surface area contributed by atoms with Gasteiger partial charge in [-0.2, -0.15) is 0 Å². The second-order valence-electron chi connectivity index (χ2n) is 4.52. The Balaban J connectivity index is 3.90. The molecule has 0 saturated carbocycles. The molecule has 1 unspecified atom stereocenters. The highest BCUT2D eigenvalue weighted by molar-refractivity contribution is 6.51. The van der Waals surface area contributed by atoms with E-state index >= 15 is 0 Å². The van der Waals surface area contributed by atoms with Gasteiger partial charge in [0.25, 0.3) is 0 Å². The molecular formula is C12H27AlO2. The molecule has 0 saturated heterocycles. The molecule has 90 valence electrons. The summed E-state index contributed by atoms with van der Waals surface area (Å²) < 4.78 is 11.8. The van der Waals surface area contributed by atoms with Crippen LogP contribution in [0.15, 0.2) is 0 Å². The molecule has 3 heteroatoms. The van der Waals surface area contributed by atoms with E-state index in [0.717, 1.165) is 19.4 Å². The van der Waals surface area contributed by atoms with Crippen molar-refractivity contribution < 1.29 is 8.53 Å². The molecule has 0 spiro atoms. The number of hydrogen-bond acceptors (Lipinski definition) is 2. The molecule has 0 aromatic rings. The second-order valence-corrected chi connectivity index (χ2v) is 7.67. The van der Waals surface area contributed by atoms with Gasteiger partial charge in [-0.1, -0.05) is 51.6 Å². The highest BCUT2D eigenvalue weighted by atomic mass is 27.2. The van der Waals surface area contributed by atoms with Gasteiger partial charge in [0.1, 0.15) is 6.29 Å². The fraction of sp³-hybridized carbons (Fsp3) is 1.00. The average molecular weight is 230 g/mol. The van der Waals surface area contributed by atoms with Crippen molar-refractivity contribution in [3.63, 3.8) is 0 Å². The third-order valence-corrected chi connectivity index (χ3v) is 4.90. The lowest BCUT2D eigenvalue weighted by Gasteiger charge is -2.23. The lowest BCUT2D eigenvalue weighted by molar-refractivity contribution is -0.0958. The van der Waals surface area contributed by atoms with Gasteiger partial charge in [-0.15, -0.1) is 0 Å². The highest BCUT2D eigenvalue weighted by Gasteiger charge is 2.20. The third-order valence-electron chi connectivity index (χ3n) is 2.39. The molecule has 15 heavy (non-hydrogen) atoms. The Morgan fingerprint density at radius 1 is 1.07 bits per heavy atom. The van der Waals surface area contributed by atoms with Gasteiger partial charge in [-0.25, -0.2) is 0 Å². The second kappa shape index (κ2) is 9.66. The standard InChI is InChI=1S/C8H17O2.2C2H5.Al/c1-4-5-8(9)10-6-7(2)3;2*1-2;/h7-8H,4-6H2,1-3H3;2*1H2,2H3;/q-1;;;+1. The molecule has 0 aliphatic carbocycles. The van der Waals surface area contributed by atoms with E-state index in [0.29, 0.717) is 5.92 Å². The van der Waals surface area contributed by atoms with Crippen molar-refractivity contribution in [1.82, 2.24) is 0 Å². The van der Waals surface area contributed by atoms with Gasteiger partial charge >= 0.3 is 14.5 Å². The van der Waals surface area contributed by atoms with Gasteiger partial charge in [-0.3, -0.25) is 0 Å². The highest BCUT2D eigenvalue weighted by Crippen LogP contribution is 2.11. The van der Waals surface area contributed by atoms with Crippen LogP contribution in [0.2, 0.25) is 10.6 Å². The molecule has 0 heterocycles. The van der Waals surface area contributed by atoms with Crippen LogP contribution in [-0.2, 0) is 8.53 Å². The molecule has 1 atom stereocenters. The van der Waals surface area contributed by atoms with Crippen LogP contribution in [0.4, 0.5) is 0 Å². The van der Waals surface area contributed by atoms with Crippen molar-refractivity contribution in [3.8, 4) is 0 Å². The molecule has 0 rings (SSSR count). The Labute approximate surface area is 100 Å². The molecule has 0 aliphatic rings. The van der Waals surface area contributed by atoms with Crippen LogP contribution in [0.3, 0.4) is 0 Å². The number of rotatable bonds is 9. The molecule has 0 radical (unpaired) electrons. The van der Waals surface area contributed by atoms with E-state index in [1.54, 1.807) is 0 Å². The van der Waals surface area contributed by atoms with E-state index in [4.69, 9.17) is 8.53 Å². The third kappa shape index (κ3) is 8.28. The lowest BCUT2D eigenvalue weighted by atomic mass is 10.2. The van der Waals surface area contributed by atoms with E-state index in [1.807, 2.05) is 0 Å². The molecular weight excluding hydrogens is 203 g/mol. The summed E-state index contributed by atoms with van der Waals surface area (Å²) in [5.74, 6) is 0.594. The molecule has 0 N–H and O–H groups in total. The van der Waals surface area contributed by atoms with Gasteiger partial charge in [-0.05, 0) is 12.3 Å². The SMILES string of the molecule is CCCC(OCC(C)C)[O][Al]([CH2]C)[CH2]C. The molecule has 0 bridgehead atoms. The Morgan fingerprint density at radius 3 is 2.07 bits per heavy atom. The summed E-state index contributed by atoms with van der Waals surface area (Å²) in [5, 5.41) is 2.42. The maximum atomic E-state index is 6.06. The van der Waals surface area contributed by atoms with Gasteiger partial charge in [0.05, 0.1) is 6.61 Å². The smallest absolute Gasteiger partial charge is 0.462 e. The predicted molar refractivity (Wildman–Crippen MR) is 67.3 cm³/mol. The van der Waals surface area contributed by atoms with Crippen molar-refractivity contribution in [1.29, 1.82) is 0 Å². The van der Waals surface area contributed by atoms with Gasteiger partial charge in [0.2, 0.25) is 0 Å². The molecule has 0 amide bonds. The van der Waals surface area contributed by atoms with Crippen LogP contribution >= 0.6 is 0 Å². The first-order valence-corrected chi connectivity index (χ1v) is 8.51. The minimum absolute atomic E-state index is 0.0639. The van der Waals surface area contributed by atoms with E-state index < -0.39 is 14.5 Å². The Bertz CT molecular complexity index is 136. The zero-order valence-corrected chi connectivity index (χ0v) is 12.2. The lowest BCUT2D eigenvalue weighted by Crippen LogP contribution is -2.28. The van der Waals surface area contributed by atoms with E-state index in [1.165, 1.54) is 10.6 Å². The summed E-state index contributed by atoms with van der Waals surface area (Å²) in [7, 11) is 0. The largest absolute Gasteiger partial charge is 0.478 e. The zero-order valence-electron chi connectivity index (χ0n) is 11.1. The van der Waals surface area contributed by atoms with Crippen molar-refractivity contribution in [2.24, 2.45) is 5.92 Å². The summed E-state index contributed by atoms with van der Waals surface area (Å²) in [6.07, 6.45) is 2.24. The summed E-state index contributed by atoms with van der Waals surface area (Å²) in [5.41, 5.74) is 0. The van der Waals surface area contributed by atoms with Crippen molar-refractivity contribution in [3.05, 3.63) is 0 Å². The van der Waals surface area contributed by atoms with Crippen LogP contribution in [-0.4, -0.2) is 27.4 Å². The molecule has 2 nitrogen and oxygen atoms in total. The summed E-state index contributed by atoms with van der Waals surface area (Å²) in [4.78, 5) is 0. The Kier molecular flexibility index (Phi) is 9.95. The maximum Gasteiger partial charge on any atom is 0.462 e. The normalized spacial score (nSPS) is 13.2. The zero-order chi connectivity index (χ0) is 11.7. The van der Waals surface area contributed by atoms with E-state index in [-0.39, 0.29) is 6.29 Å². The van der Waals surface area contributed by atoms with Crippen LogP contribution in [0, 0.1) is 5.92 Å². The fourth-order valence-electron chi connectivity index (χ4n) is 1.42. The van der Waals surface area contributed by atoms with Crippen LogP contribution < -0.4 is 0 Å². The Morgan fingerprint density at radius 2 is 1.67 bits per heavy atom. The Hall–Kier alpha value is 0.452. The first kappa shape index (κ1) is 15.5. The monoisotopic (exact) mass is 230 g/mol. The topological polar surface area (TPSA) is 18.5 Å². The molecule has 0 aromatic heterocycles. The minimum atomic E-state index is -0.970. The number of ether oxygens (including phenoxy) is 1. The molecule has 0 fully saturated rings. The van der Waals surface area contributed by atoms with E-state index in [2.05, 4.69) is 34.6 Å². The summed E-state index contributed by atoms with van der Waals surface area (Å²) in [6, 6.07) is 0. The van der Waals surface area contributed by atoms with E-state index in [9.17, 15) is 0 Å². The van der Waals surface area contributed by atoms with Crippen LogP contribution in [0.1, 0.15) is 47.5 Å². The first-order chi connectivity index (χ1) is 7.13. The van der Waals surface area contributed by atoms with Gasteiger partial charge < -0.3 is 8.53 Å². The van der Waals surface area contributed by atoms with Crippen LogP contribution in [0.25, 0.3) is 0 Å². The van der Waals surface area contributed by atoms with Crippen molar-refractivity contribution in [2.75, 3.05) is 6.61 Å². The fourth-order valence-corrected chi connectivity index (χ4v) is 3.03. The van der Waals surface area contributed by atoms with Gasteiger partial charge in [0.15, 0.2) is 0 Å². The number of hydrogen-bond donors (Lipinski definition) is 0. The maximum absolute atomic E-state index is 6.06. The molecule has 0 aliphatic heterocycles. The van der Waals surface area contributed by atoms with Crippen molar-refractivity contribution in [2.45, 2.75) is 64.3 Å². The first-order valence-electron chi connectivity index (χ1n) is 6.40.